The minimum atomic E-state index is -1.03. The van der Waals surface area contributed by atoms with Crippen LogP contribution in [0.25, 0.3) is 0 Å². The summed E-state index contributed by atoms with van der Waals surface area (Å²) in [4.78, 5) is 16.5. The van der Waals surface area contributed by atoms with Crippen LogP contribution in [0.5, 0.6) is 0 Å². The normalized spacial score (nSPS) is 10.2. The summed E-state index contributed by atoms with van der Waals surface area (Å²) in [5, 5.41) is 8.85. The van der Waals surface area contributed by atoms with Crippen molar-refractivity contribution in [2.24, 2.45) is 0 Å². The van der Waals surface area contributed by atoms with E-state index in [9.17, 15) is 4.79 Å². The van der Waals surface area contributed by atoms with E-state index in [0.29, 0.717) is 6.54 Å². The van der Waals surface area contributed by atoms with Crippen molar-refractivity contribution in [3.8, 4) is 0 Å². The van der Waals surface area contributed by atoms with Gasteiger partial charge in [-0.05, 0) is 24.3 Å². The molecule has 1 N–H and O–H groups in total. The molecule has 0 saturated heterocycles. The maximum Gasteiger partial charge on any atom is 0.354 e. The molecule has 2 rings (SSSR count). The molecule has 0 aliphatic rings. The summed E-state index contributed by atoms with van der Waals surface area (Å²) in [6, 6.07) is 6.98. The van der Waals surface area contributed by atoms with E-state index in [1.807, 2.05) is 24.1 Å². The van der Waals surface area contributed by atoms with Gasteiger partial charge in [-0.3, -0.25) is 0 Å². The fourth-order valence-corrected chi connectivity index (χ4v) is 1.50. The molecule has 17 heavy (non-hydrogen) atoms. The second kappa shape index (κ2) is 4.69. The van der Waals surface area contributed by atoms with Gasteiger partial charge >= 0.3 is 5.97 Å². The number of carboxylic acids is 1. The number of carbonyl (C=O) groups is 1. The highest BCUT2D eigenvalue weighted by Gasteiger charge is 2.08. The first-order valence-electron chi connectivity index (χ1n) is 5.09. The van der Waals surface area contributed by atoms with Crippen LogP contribution in [0.2, 0.25) is 0 Å². The van der Waals surface area contributed by atoms with Crippen LogP contribution in [0.15, 0.2) is 41.1 Å². The largest absolute Gasteiger partial charge is 0.477 e. The van der Waals surface area contributed by atoms with E-state index in [2.05, 4.69) is 4.98 Å². The van der Waals surface area contributed by atoms with E-state index in [4.69, 9.17) is 9.52 Å². The zero-order valence-corrected chi connectivity index (χ0v) is 9.33. The summed E-state index contributed by atoms with van der Waals surface area (Å²) in [6.45, 7) is 0.579. The molecule has 0 aliphatic heterocycles. The van der Waals surface area contributed by atoms with Gasteiger partial charge in [0.1, 0.15) is 11.5 Å². The monoisotopic (exact) mass is 232 g/mol. The molecule has 0 aromatic carbocycles. The first-order valence-corrected chi connectivity index (χ1v) is 5.09. The Kier molecular flexibility index (Phi) is 3.09. The molecule has 0 radical (unpaired) electrons. The Morgan fingerprint density at radius 3 is 3.00 bits per heavy atom. The number of aromatic carboxylic acids is 1. The van der Waals surface area contributed by atoms with Crippen LogP contribution in [0, 0.1) is 0 Å². The number of carboxylic acid groups (broad SMARTS) is 1. The molecule has 0 saturated carbocycles. The Morgan fingerprint density at radius 1 is 1.53 bits per heavy atom. The number of pyridine rings is 1. The topological polar surface area (TPSA) is 66.6 Å². The fourth-order valence-electron chi connectivity index (χ4n) is 1.50. The minimum absolute atomic E-state index is 0.0359. The zero-order valence-electron chi connectivity index (χ0n) is 9.33. The summed E-state index contributed by atoms with van der Waals surface area (Å²) in [6.07, 6.45) is 3.09. The van der Waals surface area contributed by atoms with Gasteiger partial charge in [0.25, 0.3) is 0 Å². The van der Waals surface area contributed by atoms with Gasteiger partial charge in [0.2, 0.25) is 0 Å². The van der Waals surface area contributed by atoms with E-state index >= 15 is 0 Å². The average molecular weight is 232 g/mol. The highest BCUT2D eigenvalue weighted by molar-refractivity contribution is 5.86. The van der Waals surface area contributed by atoms with E-state index in [-0.39, 0.29) is 5.69 Å². The second-order valence-corrected chi connectivity index (χ2v) is 3.64. The van der Waals surface area contributed by atoms with Gasteiger partial charge in [-0.2, -0.15) is 0 Å². The summed E-state index contributed by atoms with van der Waals surface area (Å²) < 4.78 is 5.23. The van der Waals surface area contributed by atoms with Crippen molar-refractivity contribution in [2.45, 2.75) is 6.54 Å². The second-order valence-electron chi connectivity index (χ2n) is 3.64. The molecule has 2 heterocycles. The summed E-state index contributed by atoms with van der Waals surface area (Å²) in [7, 11) is 1.86. The van der Waals surface area contributed by atoms with Crippen LogP contribution in [-0.2, 0) is 6.54 Å². The lowest BCUT2D eigenvalue weighted by atomic mass is 10.3. The third-order valence-corrected chi connectivity index (χ3v) is 2.38. The van der Waals surface area contributed by atoms with Crippen LogP contribution >= 0.6 is 0 Å². The Balaban J connectivity index is 2.16. The van der Waals surface area contributed by atoms with Crippen molar-refractivity contribution in [1.82, 2.24) is 4.98 Å². The average Bonchev–Trinajstić information content (AvgIpc) is 2.82. The Labute approximate surface area is 98.3 Å². The van der Waals surface area contributed by atoms with E-state index in [0.717, 1.165) is 11.4 Å². The first-order chi connectivity index (χ1) is 8.16. The van der Waals surface area contributed by atoms with Gasteiger partial charge in [-0.15, -0.1) is 0 Å². The third-order valence-electron chi connectivity index (χ3n) is 2.38. The summed E-state index contributed by atoms with van der Waals surface area (Å²) >= 11 is 0. The number of furan rings is 1. The lowest BCUT2D eigenvalue weighted by molar-refractivity contribution is 0.0690. The van der Waals surface area contributed by atoms with Crippen LogP contribution in [0.4, 0.5) is 5.69 Å². The predicted octanol–water partition coefficient (Wildman–Crippen LogP) is 2.01. The standard InChI is InChI=1S/C12H12N2O3/c1-14(8-10-3-2-6-17-10)9-4-5-13-11(7-9)12(15)16/h2-7H,8H2,1H3,(H,15,16). The van der Waals surface area contributed by atoms with Gasteiger partial charge in [-0.1, -0.05) is 0 Å². The molecule has 0 atom stereocenters. The molecule has 0 fully saturated rings. The van der Waals surface area contributed by atoms with Crippen LogP contribution in [0.1, 0.15) is 16.2 Å². The van der Waals surface area contributed by atoms with Gasteiger partial charge in [-0.25, -0.2) is 9.78 Å². The lowest BCUT2D eigenvalue weighted by Crippen LogP contribution is -2.16. The number of aromatic nitrogens is 1. The molecule has 2 aromatic heterocycles. The molecule has 0 bridgehead atoms. The van der Waals surface area contributed by atoms with Crippen molar-refractivity contribution < 1.29 is 14.3 Å². The molecule has 0 amide bonds. The minimum Gasteiger partial charge on any atom is -0.477 e. The number of rotatable bonds is 4. The lowest BCUT2D eigenvalue weighted by Gasteiger charge is -2.17. The molecule has 0 unspecified atom stereocenters. The Morgan fingerprint density at radius 2 is 2.35 bits per heavy atom. The predicted molar refractivity (Wildman–Crippen MR) is 62.0 cm³/mol. The van der Waals surface area contributed by atoms with E-state index in [1.54, 1.807) is 12.3 Å². The van der Waals surface area contributed by atoms with Crippen molar-refractivity contribution in [3.63, 3.8) is 0 Å². The van der Waals surface area contributed by atoms with Crippen molar-refractivity contribution in [3.05, 3.63) is 48.2 Å². The SMILES string of the molecule is CN(Cc1ccco1)c1ccnc(C(=O)O)c1. The Hall–Kier alpha value is -2.30. The van der Waals surface area contributed by atoms with Crippen molar-refractivity contribution in [1.29, 1.82) is 0 Å². The maximum absolute atomic E-state index is 10.8. The zero-order chi connectivity index (χ0) is 12.3. The maximum atomic E-state index is 10.8. The number of hydrogen-bond donors (Lipinski definition) is 1. The number of hydrogen-bond acceptors (Lipinski definition) is 4. The van der Waals surface area contributed by atoms with Gasteiger partial charge < -0.3 is 14.4 Å². The summed E-state index contributed by atoms with van der Waals surface area (Å²) in [5.41, 5.74) is 0.822. The third kappa shape index (κ3) is 2.63. The molecule has 88 valence electrons. The molecular weight excluding hydrogens is 220 g/mol. The van der Waals surface area contributed by atoms with Gasteiger partial charge in [0, 0.05) is 18.9 Å². The van der Waals surface area contributed by atoms with E-state index in [1.165, 1.54) is 12.3 Å². The highest BCUT2D eigenvalue weighted by atomic mass is 16.4. The smallest absolute Gasteiger partial charge is 0.354 e. The number of nitrogens with zero attached hydrogens (tertiary/aromatic N) is 2. The highest BCUT2D eigenvalue weighted by Crippen LogP contribution is 2.16. The molecule has 0 aliphatic carbocycles. The summed E-state index contributed by atoms with van der Waals surface area (Å²) in [5.74, 6) is -0.209. The van der Waals surface area contributed by atoms with Crippen LogP contribution < -0.4 is 4.90 Å². The molecular formula is C12H12N2O3. The van der Waals surface area contributed by atoms with Crippen LogP contribution in [-0.4, -0.2) is 23.1 Å². The van der Waals surface area contributed by atoms with Gasteiger partial charge in [0.15, 0.2) is 0 Å². The van der Waals surface area contributed by atoms with Crippen molar-refractivity contribution in [2.75, 3.05) is 11.9 Å². The molecule has 0 spiro atoms. The number of anilines is 1. The first kappa shape index (κ1) is 11.2. The van der Waals surface area contributed by atoms with Gasteiger partial charge in [0.05, 0.1) is 12.8 Å². The van der Waals surface area contributed by atoms with E-state index < -0.39 is 5.97 Å². The fraction of sp³-hybridized carbons (Fsp3) is 0.167. The Bertz CT molecular complexity index is 508. The molecule has 5 nitrogen and oxygen atoms in total. The van der Waals surface area contributed by atoms with Crippen LogP contribution in [0.3, 0.4) is 0 Å². The quantitative estimate of drug-likeness (QED) is 0.873. The van der Waals surface area contributed by atoms with Crippen molar-refractivity contribution >= 4 is 11.7 Å². The molecule has 2 aromatic rings. The molecule has 5 heteroatoms.